The maximum atomic E-state index is 11.9. The molecular formula is C11H8N2O. The highest BCUT2D eigenvalue weighted by Gasteiger charge is 2.31. The Morgan fingerprint density at radius 2 is 2.00 bits per heavy atom. The fourth-order valence-corrected chi connectivity index (χ4v) is 1.87. The second-order valence-corrected chi connectivity index (χ2v) is 3.31. The van der Waals surface area contributed by atoms with Crippen LogP contribution in [0.2, 0.25) is 0 Å². The summed E-state index contributed by atoms with van der Waals surface area (Å²) in [6.45, 7) is 0.583. The Bertz CT molecular complexity index is 474. The minimum atomic E-state index is 0.0815. The van der Waals surface area contributed by atoms with Crippen LogP contribution in [0.1, 0.15) is 15.9 Å². The van der Waals surface area contributed by atoms with Crippen LogP contribution in [0.3, 0.4) is 0 Å². The molecule has 0 saturated heterocycles. The molecule has 0 fully saturated rings. The summed E-state index contributed by atoms with van der Waals surface area (Å²) in [5.41, 5.74) is 2.70. The number of carbonyl (C=O) groups excluding carboxylic acids is 1. The first-order valence-electron chi connectivity index (χ1n) is 4.51. The molecule has 0 spiro atoms. The zero-order chi connectivity index (χ0) is 9.54. The topological polar surface area (TPSA) is 32.7 Å². The van der Waals surface area contributed by atoms with Gasteiger partial charge in [-0.25, -0.2) is 0 Å². The van der Waals surface area contributed by atoms with Crippen molar-refractivity contribution >= 4 is 17.8 Å². The maximum absolute atomic E-state index is 11.9. The quantitative estimate of drug-likeness (QED) is 0.601. The lowest BCUT2D eigenvalue weighted by atomic mass is 10.1. The zero-order valence-corrected chi connectivity index (χ0v) is 7.47. The summed E-state index contributed by atoms with van der Waals surface area (Å²) in [7, 11) is 0. The van der Waals surface area contributed by atoms with E-state index in [1.807, 2.05) is 24.3 Å². The molecule has 0 aliphatic carbocycles. The molecule has 1 aromatic carbocycles. The standard InChI is InChI=1S/C11H8N2O/c14-11-9-4-2-1-3-8(9)10-7-12-5-6-13(10)11/h1-5,7H,6H2. The average molecular weight is 184 g/mol. The van der Waals surface area contributed by atoms with Crippen molar-refractivity contribution in [2.24, 2.45) is 4.99 Å². The van der Waals surface area contributed by atoms with Gasteiger partial charge in [0.2, 0.25) is 0 Å². The first-order chi connectivity index (χ1) is 6.88. The van der Waals surface area contributed by atoms with E-state index in [1.165, 1.54) is 0 Å². The Labute approximate surface area is 81.4 Å². The molecule has 2 heterocycles. The predicted octanol–water partition coefficient (Wildman–Crippen LogP) is 1.53. The molecule has 0 bridgehead atoms. The molecule has 2 aliphatic rings. The molecule has 0 saturated carbocycles. The van der Waals surface area contributed by atoms with Gasteiger partial charge in [0.15, 0.2) is 0 Å². The third-order valence-corrected chi connectivity index (χ3v) is 2.54. The van der Waals surface area contributed by atoms with Gasteiger partial charge in [-0.1, -0.05) is 18.2 Å². The van der Waals surface area contributed by atoms with E-state index in [0.717, 1.165) is 16.8 Å². The number of hydrogen-bond acceptors (Lipinski definition) is 2. The number of carbonyl (C=O) groups is 1. The van der Waals surface area contributed by atoms with Crippen molar-refractivity contribution in [3.63, 3.8) is 0 Å². The van der Waals surface area contributed by atoms with Gasteiger partial charge < -0.3 is 4.90 Å². The normalized spacial score (nSPS) is 17.9. The van der Waals surface area contributed by atoms with Crippen LogP contribution < -0.4 is 0 Å². The maximum Gasteiger partial charge on any atom is 0.259 e. The molecule has 0 atom stereocenters. The van der Waals surface area contributed by atoms with Crippen LogP contribution in [-0.4, -0.2) is 23.6 Å². The van der Waals surface area contributed by atoms with Gasteiger partial charge in [-0.2, -0.15) is 0 Å². The lowest BCUT2D eigenvalue weighted by Crippen LogP contribution is -2.26. The average Bonchev–Trinajstić information content (AvgIpc) is 2.55. The number of rotatable bonds is 0. The minimum absolute atomic E-state index is 0.0815. The van der Waals surface area contributed by atoms with Gasteiger partial charge in [0.05, 0.1) is 18.4 Å². The smallest absolute Gasteiger partial charge is 0.259 e. The van der Waals surface area contributed by atoms with Crippen molar-refractivity contribution in [1.82, 2.24) is 4.90 Å². The summed E-state index contributed by atoms with van der Waals surface area (Å²) in [5, 5.41) is 0. The van der Waals surface area contributed by atoms with E-state index in [-0.39, 0.29) is 5.91 Å². The number of amides is 1. The molecule has 3 nitrogen and oxygen atoms in total. The fourth-order valence-electron chi connectivity index (χ4n) is 1.87. The third-order valence-electron chi connectivity index (χ3n) is 2.54. The molecule has 68 valence electrons. The Morgan fingerprint density at radius 1 is 1.21 bits per heavy atom. The summed E-state index contributed by atoms with van der Waals surface area (Å²) in [6, 6.07) is 7.64. The van der Waals surface area contributed by atoms with E-state index in [1.54, 1.807) is 17.3 Å². The van der Waals surface area contributed by atoms with Gasteiger partial charge in [-0.3, -0.25) is 9.79 Å². The number of aliphatic imine (C=N–C) groups is 1. The summed E-state index contributed by atoms with van der Waals surface area (Å²) < 4.78 is 0. The van der Waals surface area contributed by atoms with Gasteiger partial charge in [0, 0.05) is 17.3 Å². The number of fused-ring (bicyclic) bond motifs is 3. The van der Waals surface area contributed by atoms with Crippen molar-refractivity contribution in [3.8, 4) is 0 Å². The molecule has 1 amide bonds. The van der Waals surface area contributed by atoms with Crippen molar-refractivity contribution < 1.29 is 4.79 Å². The fraction of sp³-hybridized carbons (Fsp3) is 0.0909. The molecule has 3 heteroatoms. The second kappa shape index (κ2) is 2.54. The largest absolute Gasteiger partial charge is 0.301 e. The predicted molar refractivity (Wildman–Crippen MR) is 53.9 cm³/mol. The lowest BCUT2D eigenvalue weighted by Gasteiger charge is -2.17. The summed E-state index contributed by atoms with van der Waals surface area (Å²) in [6.07, 6.45) is 3.49. The first-order valence-corrected chi connectivity index (χ1v) is 4.51. The monoisotopic (exact) mass is 184 g/mol. The molecule has 1 aromatic rings. The van der Waals surface area contributed by atoms with E-state index in [4.69, 9.17) is 0 Å². The van der Waals surface area contributed by atoms with Crippen molar-refractivity contribution in [2.45, 2.75) is 0 Å². The van der Waals surface area contributed by atoms with E-state index >= 15 is 0 Å². The molecule has 14 heavy (non-hydrogen) atoms. The van der Waals surface area contributed by atoms with Gasteiger partial charge >= 0.3 is 0 Å². The van der Waals surface area contributed by atoms with Crippen LogP contribution in [0, 0.1) is 0 Å². The van der Waals surface area contributed by atoms with E-state index in [0.29, 0.717) is 6.54 Å². The first kappa shape index (κ1) is 7.50. The molecule has 0 aromatic heterocycles. The van der Waals surface area contributed by atoms with E-state index < -0.39 is 0 Å². The Morgan fingerprint density at radius 3 is 2.86 bits per heavy atom. The number of nitrogens with zero attached hydrogens (tertiary/aromatic N) is 2. The van der Waals surface area contributed by atoms with E-state index in [9.17, 15) is 4.79 Å². The highest BCUT2D eigenvalue weighted by Crippen LogP contribution is 2.32. The van der Waals surface area contributed by atoms with Crippen LogP contribution in [-0.2, 0) is 0 Å². The molecule has 0 unspecified atom stereocenters. The van der Waals surface area contributed by atoms with Crippen LogP contribution in [0.15, 0.2) is 35.5 Å². The molecule has 0 N–H and O–H groups in total. The van der Waals surface area contributed by atoms with Gasteiger partial charge in [-0.05, 0) is 6.07 Å². The Balaban J connectivity index is 2.27. The summed E-state index contributed by atoms with van der Waals surface area (Å²) in [5.74, 6) is 0.0815. The summed E-state index contributed by atoms with van der Waals surface area (Å²) in [4.78, 5) is 17.7. The SMILES string of the molecule is O=C1c2ccccc2C2=CN=CCN12. The third kappa shape index (κ3) is 0.812. The molecular weight excluding hydrogens is 176 g/mol. The van der Waals surface area contributed by atoms with Crippen LogP contribution in [0.25, 0.3) is 5.70 Å². The minimum Gasteiger partial charge on any atom is -0.301 e. The van der Waals surface area contributed by atoms with Crippen LogP contribution in [0.4, 0.5) is 0 Å². The molecule has 3 rings (SSSR count). The Hall–Kier alpha value is -1.90. The zero-order valence-electron chi connectivity index (χ0n) is 7.47. The second-order valence-electron chi connectivity index (χ2n) is 3.31. The van der Waals surface area contributed by atoms with Gasteiger partial charge in [0.25, 0.3) is 5.91 Å². The Kier molecular flexibility index (Phi) is 1.36. The lowest BCUT2D eigenvalue weighted by molar-refractivity contribution is 0.0865. The number of hydrogen-bond donors (Lipinski definition) is 0. The van der Waals surface area contributed by atoms with Crippen molar-refractivity contribution in [3.05, 3.63) is 41.6 Å². The van der Waals surface area contributed by atoms with Gasteiger partial charge in [-0.15, -0.1) is 0 Å². The molecule has 0 radical (unpaired) electrons. The number of benzene rings is 1. The van der Waals surface area contributed by atoms with Crippen molar-refractivity contribution in [1.29, 1.82) is 0 Å². The van der Waals surface area contributed by atoms with Crippen molar-refractivity contribution in [2.75, 3.05) is 6.54 Å². The highest BCUT2D eigenvalue weighted by atomic mass is 16.2. The molecule has 2 aliphatic heterocycles. The van der Waals surface area contributed by atoms with Gasteiger partial charge in [0.1, 0.15) is 0 Å². The highest BCUT2D eigenvalue weighted by molar-refractivity contribution is 6.10. The van der Waals surface area contributed by atoms with Crippen LogP contribution in [0.5, 0.6) is 0 Å². The van der Waals surface area contributed by atoms with Crippen LogP contribution >= 0.6 is 0 Å². The summed E-state index contributed by atoms with van der Waals surface area (Å²) >= 11 is 0. The van der Waals surface area contributed by atoms with E-state index in [2.05, 4.69) is 4.99 Å².